The molecule has 0 saturated heterocycles. The molecule has 0 bridgehead atoms. The first-order valence-electron chi connectivity index (χ1n) is 10.9. The van der Waals surface area contributed by atoms with E-state index in [4.69, 9.17) is 4.74 Å². The fourth-order valence-electron chi connectivity index (χ4n) is 3.79. The number of ether oxygens (including phenoxy) is 1. The highest BCUT2D eigenvalue weighted by atomic mass is 32.2. The molecule has 1 aliphatic heterocycles. The van der Waals surface area contributed by atoms with Crippen molar-refractivity contribution in [2.75, 3.05) is 0 Å². The maximum absolute atomic E-state index is 13.2. The van der Waals surface area contributed by atoms with Crippen LogP contribution in [0.2, 0.25) is 0 Å². The Morgan fingerprint density at radius 1 is 1.18 bits per heavy atom. The number of hydrogen-bond acceptors (Lipinski definition) is 4. The van der Waals surface area contributed by atoms with Gasteiger partial charge in [-0.1, -0.05) is 52.0 Å². The lowest BCUT2D eigenvalue weighted by molar-refractivity contribution is -0.144. The number of carboxylic acid groups (broad SMARTS) is 1. The quantitative estimate of drug-likeness (QED) is 0.509. The SMILES string of the molecule is CCC1=CC2C(OCc3ccc(C(F)(F)F)cc3)=C(C(=O)NC(C(=O)O)C(C)(C)C)C=CC2S1. The zero-order valence-electron chi connectivity index (χ0n) is 19.4. The fourth-order valence-corrected chi connectivity index (χ4v) is 5.04. The molecule has 0 radical (unpaired) electrons. The third-order valence-electron chi connectivity index (χ3n) is 5.68. The van der Waals surface area contributed by atoms with Gasteiger partial charge in [-0.2, -0.15) is 13.2 Å². The third-order valence-corrected chi connectivity index (χ3v) is 7.13. The Bertz CT molecular complexity index is 1040. The summed E-state index contributed by atoms with van der Waals surface area (Å²) in [5.74, 6) is -1.55. The second-order valence-corrected chi connectivity index (χ2v) is 10.6. The number of alkyl halides is 3. The van der Waals surface area contributed by atoms with Crippen LogP contribution in [-0.2, 0) is 27.1 Å². The number of carbonyl (C=O) groups excluding carboxylic acids is 1. The normalized spacial score (nSPS) is 21.1. The highest BCUT2D eigenvalue weighted by Crippen LogP contribution is 2.46. The topological polar surface area (TPSA) is 75.6 Å². The van der Waals surface area contributed by atoms with E-state index >= 15 is 0 Å². The Labute approximate surface area is 201 Å². The standard InChI is InChI=1S/C25H28F3NO4S/c1-5-16-12-18-19(34-16)11-10-17(22(30)29-21(23(31)32)24(2,3)4)20(18)33-13-14-6-8-15(9-7-14)25(26,27)28/h6-12,18-19,21H,5,13H2,1-4H3,(H,29,30)(H,31,32). The molecule has 2 N–H and O–H groups in total. The van der Waals surface area contributed by atoms with Gasteiger partial charge in [0, 0.05) is 5.25 Å². The zero-order chi connectivity index (χ0) is 25.3. The van der Waals surface area contributed by atoms with Crippen molar-refractivity contribution in [2.45, 2.75) is 58.2 Å². The minimum Gasteiger partial charge on any atom is -0.492 e. The molecule has 184 valence electrons. The number of halogens is 3. The molecule has 1 aliphatic carbocycles. The van der Waals surface area contributed by atoms with Gasteiger partial charge in [0.1, 0.15) is 18.4 Å². The molecule has 9 heteroatoms. The minimum atomic E-state index is -4.43. The summed E-state index contributed by atoms with van der Waals surface area (Å²) in [5, 5.41) is 12.2. The van der Waals surface area contributed by atoms with Gasteiger partial charge in [0.2, 0.25) is 0 Å². The largest absolute Gasteiger partial charge is 0.492 e. The number of aliphatic carboxylic acids is 1. The number of benzene rings is 1. The van der Waals surface area contributed by atoms with E-state index in [1.165, 1.54) is 12.1 Å². The Hall–Kier alpha value is -2.68. The van der Waals surface area contributed by atoms with Crippen molar-refractivity contribution in [2.24, 2.45) is 11.3 Å². The van der Waals surface area contributed by atoms with E-state index in [9.17, 15) is 27.9 Å². The number of thioether (sulfide) groups is 1. The molecule has 0 spiro atoms. The Morgan fingerprint density at radius 2 is 1.82 bits per heavy atom. The number of carbonyl (C=O) groups is 2. The molecule has 1 heterocycles. The molecule has 0 saturated carbocycles. The fraction of sp³-hybridized carbons (Fsp3) is 0.440. The number of amides is 1. The molecule has 2 aliphatic rings. The van der Waals surface area contributed by atoms with Crippen molar-refractivity contribution in [1.82, 2.24) is 5.32 Å². The maximum atomic E-state index is 13.2. The number of hydrogen-bond donors (Lipinski definition) is 2. The van der Waals surface area contributed by atoms with Crippen LogP contribution in [0.5, 0.6) is 0 Å². The molecule has 3 rings (SSSR count). The summed E-state index contributed by atoms with van der Waals surface area (Å²) in [6.07, 6.45) is 1.97. The summed E-state index contributed by atoms with van der Waals surface area (Å²) in [5.41, 5.74) is -0.726. The van der Waals surface area contributed by atoms with Crippen LogP contribution in [0.4, 0.5) is 13.2 Å². The average molecular weight is 496 g/mol. The lowest BCUT2D eigenvalue weighted by atomic mass is 9.86. The van der Waals surface area contributed by atoms with Crippen LogP contribution in [0.25, 0.3) is 0 Å². The Kier molecular flexibility index (Phi) is 7.55. The number of rotatable bonds is 7. The number of allylic oxidation sites excluding steroid dienone is 2. The summed E-state index contributed by atoms with van der Waals surface area (Å²) in [7, 11) is 0. The van der Waals surface area contributed by atoms with Gasteiger partial charge in [-0.25, -0.2) is 4.79 Å². The first-order chi connectivity index (χ1) is 15.8. The highest BCUT2D eigenvalue weighted by molar-refractivity contribution is 8.04. The van der Waals surface area contributed by atoms with E-state index in [0.717, 1.165) is 23.5 Å². The number of fused-ring (bicyclic) bond motifs is 1. The second-order valence-electron chi connectivity index (χ2n) is 9.33. The van der Waals surface area contributed by atoms with Crippen LogP contribution < -0.4 is 5.32 Å². The van der Waals surface area contributed by atoms with Gasteiger partial charge >= 0.3 is 12.1 Å². The summed E-state index contributed by atoms with van der Waals surface area (Å²) < 4.78 is 44.6. The van der Waals surface area contributed by atoms with E-state index in [2.05, 4.69) is 5.32 Å². The third kappa shape index (κ3) is 5.87. The van der Waals surface area contributed by atoms with Crippen molar-refractivity contribution in [3.63, 3.8) is 0 Å². The molecule has 1 aromatic rings. The van der Waals surface area contributed by atoms with E-state index in [0.29, 0.717) is 11.3 Å². The lowest BCUT2D eigenvalue weighted by Crippen LogP contribution is -2.49. The maximum Gasteiger partial charge on any atom is 0.416 e. The molecule has 0 fully saturated rings. The summed E-state index contributed by atoms with van der Waals surface area (Å²) in [4.78, 5) is 26.1. The lowest BCUT2D eigenvalue weighted by Gasteiger charge is -2.30. The van der Waals surface area contributed by atoms with Crippen LogP contribution in [0.15, 0.2) is 58.7 Å². The average Bonchev–Trinajstić information content (AvgIpc) is 3.18. The van der Waals surface area contributed by atoms with Gasteiger partial charge < -0.3 is 15.2 Å². The van der Waals surface area contributed by atoms with Crippen molar-refractivity contribution >= 4 is 23.6 Å². The Balaban J connectivity index is 1.89. The summed E-state index contributed by atoms with van der Waals surface area (Å²) in [6, 6.07) is 3.55. The van der Waals surface area contributed by atoms with Gasteiger partial charge in [-0.3, -0.25) is 4.79 Å². The molecule has 0 aromatic heterocycles. The first kappa shape index (κ1) is 25.9. The second kappa shape index (κ2) is 9.90. The van der Waals surface area contributed by atoms with E-state index in [-0.39, 0.29) is 23.3 Å². The molecule has 3 unspecified atom stereocenters. The summed E-state index contributed by atoms with van der Waals surface area (Å²) >= 11 is 1.67. The zero-order valence-corrected chi connectivity index (χ0v) is 20.2. The Morgan fingerprint density at radius 3 is 2.35 bits per heavy atom. The van der Waals surface area contributed by atoms with Crippen LogP contribution in [0, 0.1) is 11.3 Å². The van der Waals surface area contributed by atoms with Crippen LogP contribution in [0.3, 0.4) is 0 Å². The van der Waals surface area contributed by atoms with Crippen LogP contribution in [0.1, 0.15) is 45.2 Å². The molecule has 34 heavy (non-hydrogen) atoms. The first-order valence-corrected chi connectivity index (χ1v) is 11.8. The van der Waals surface area contributed by atoms with Gasteiger partial charge in [0.15, 0.2) is 0 Å². The molecular formula is C25H28F3NO4S. The highest BCUT2D eigenvalue weighted by Gasteiger charge is 2.38. The van der Waals surface area contributed by atoms with Crippen molar-refractivity contribution in [3.8, 4) is 0 Å². The smallest absolute Gasteiger partial charge is 0.416 e. The number of nitrogens with one attached hydrogen (secondary N) is 1. The van der Waals surface area contributed by atoms with Crippen molar-refractivity contribution in [3.05, 3.63) is 69.9 Å². The van der Waals surface area contributed by atoms with Gasteiger partial charge in [0.05, 0.1) is 17.1 Å². The van der Waals surface area contributed by atoms with Gasteiger partial charge in [0.25, 0.3) is 5.91 Å². The molecule has 5 nitrogen and oxygen atoms in total. The van der Waals surface area contributed by atoms with Crippen LogP contribution >= 0.6 is 11.8 Å². The molecule has 3 atom stereocenters. The monoisotopic (exact) mass is 495 g/mol. The number of carboxylic acids is 1. The predicted octanol–water partition coefficient (Wildman–Crippen LogP) is 5.69. The van der Waals surface area contributed by atoms with Crippen molar-refractivity contribution in [1.29, 1.82) is 0 Å². The van der Waals surface area contributed by atoms with E-state index in [1.807, 2.05) is 19.1 Å². The molecule has 1 aromatic carbocycles. The predicted molar refractivity (Wildman–Crippen MR) is 125 cm³/mol. The minimum absolute atomic E-state index is 0.0249. The summed E-state index contributed by atoms with van der Waals surface area (Å²) in [6.45, 7) is 7.17. The van der Waals surface area contributed by atoms with Crippen molar-refractivity contribution < 1.29 is 32.6 Å². The van der Waals surface area contributed by atoms with Gasteiger partial charge in [-0.05, 0) is 40.5 Å². The molecular weight excluding hydrogens is 467 g/mol. The molecule has 1 amide bonds. The van der Waals surface area contributed by atoms with Gasteiger partial charge in [-0.15, -0.1) is 11.8 Å². The van der Waals surface area contributed by atoms with E-state index < -0.39 is 35.1 Å². The van der Waals surface area contributed by atoms with Crippen LogP contribution in [-0.4, -0.2) is 28.3 Å². The van der Waals surface area contributed by atoms with E-state index in [1.54, 1.807) is 38.6 Å².